The smallest absolute Gasteiger partial charge is 0.243 e. The van der Waals surface area contributed by atoms with Crippen molar-refractivity contribution in [2.24, 2.45) is 0 Å². The van der Waals surface area contributed by atoms with Gasteiger partial charge >= 0.3 is 0 Å². The van der Waals surface area contributed by atoms with Crippen LogP contribution in [0.1, 0.15) is 11.5 Å². The van der Waals surface area contributed by atoms with E-state index < -0.39 is 0 Å². The SMILES string of the molecule is Cc1nc2c(CCNC(=O)/C=C/CN(C)C)cccc2o1. The number of hydrogen-bond donors (Lipinski definition) is 1. The Morgan fingerprint density at radius 2 is 2.24 bits per heavy atom. The lowest BCUT2D eigenvalue weighted by Crippen LogP contribution is -2.24. The molecule has 1 heterocycles. The molecule has 0 unspecified atom stereocenters. The average molecular weight is 287 g/mol. The lowest BCUT2D eigenvalue weighted by Gasteiger charge is -2.05. The molecule has 2 rings (SSSR count). The number of fused-ring (bicyclic) bond motifs is 1. The molecular weight excluding hydrogens is 266 g/mol. The van der Waals surface area contributed by atoms with Crippen LogP contribution >= 0.6 is 0 Å². The van der Waals surface area contributed by atoms with Crippen molar-refractivity contribution in [3.63, 3.8) is 0 Å². The molecule has 0 bridgehead atoms. The van der Waals surface area contributed by atoms with Crippen LogP contribution < -0.4 is 5.32 Å². The zero-order valence-electron chi connectivity index (χ0n) is 12.7. The standard InChI is InChI=1S/C16H21N3O2/c1-12-18-16-13(6-4-7-14(16)21-12)9-10-17-15(20)8-5-11-19(2)3/h4-8H,9-11H2,1-3H3,(H,17,20)/b8-5+. The van der Waals surface area contributed by atoms with Crippen LogP contribution in [0.2, 0.25) is 0 Å². The third-order valence-corrected chi connectivity index (χ3v) is 3.04. The minimum absolute atomic E-state index is 0.0691. The summed E-state index contributed by atoms with van der Waals surface area (Å²) in [5.41, 5.74) is 2.76. The maximum absolute atomic E-state index is 11.6. The van der Waals surface area contributed by atoms with Crippen LogP contribution in [0.25, 0.3) is 11.1 Å². The van der Waals surface area contributed by atoms with Crippen molar-refractivity contribution < 1.29 is 9.21 Å². The minimum atomic E-state index is -0.0691. The molecule has 0 saturated carbocycles. The molecule has 1 N–H and O–H groups in total. The number of rotatable bonds is 6. The fourth-order valence-corrected chi connectivity index (χ4v) is 2.07. The fraction of sp³-hybridized carbons (Fsp3) is 0.375. The summed E-state index contributed by atoms with van der Waals surface area (Å²) in [5.74, 6) is 0.591. The number of nitrogens with one attached hydrogen (secondary N) is 1. The summed E-state index contributed by atoms with van der Waals surface area (Å²) in [6.07, 6.45) is 4.15. The van der Waals surface area contributed by atoms with E-state index in [0.717, 1.165) is 29.6 Å². The van der Waals surface area contributed by atoms with Crippen molar-refractivity contribution in [3.8, 4) is 0 Å². The number of aryl methyl sites for hydroxylation is 1. The Labute approximate surface area is 124 Å². The van der Waals surface area contributed by atoms with Crippen LogP contribution in [0.5, 0.6) is 0 Å². The first-order valence-corrected chi connectivity index (χ1v) is 7.00. The van der Waals surface area contributed by atoms with E-state index in [1.807, 2.05) is 50.2 Å². The molecule has 21 heavy (non-hydrogen) atoms. The normalized spacial score (nSPS) is 11.6. The Kier molecular flexibility index (Phi) is 5.11. The van der Waals surface area contributed by atoms with Crippen molar-refractivity contribution in [1.29, 1.82) is 0 Å². The first-order valence-electron chi connectivity index (χ1n) is 7.00. The van der Waals surface area contributed by atoms with E-state index in [1.165, 1.54) is 0 Å². The van der Waals surface area contributed by atoms with E-state index in [9.17, 15) is 4.79 Å². The summed E-state index contributed by atoms with van der Waals surface area (Å²) in [6.45, 7) is 3.17. The predicted octanol–water partition coefficient (Wildman–Crippen LogP) is 1.91. The first-order chi connectivity index (χ1) is 10.1. The first kappa shape index (κ1) is 15.3. The van der Waals surface area contributed by atoms with Crippen LogP contribution in [-0.2, 0) is 11.2 Å². The Morgan fingerprint density at radius 3 is 3.00 bits per heavy atom. The Morgan fingerprint density at radius 1 is 1.43 bits per heavy atom. The van der Waals surface area contributed by atoms with E-state index in [1.54, 1.807) is 6.08 Å². The number of para-hydroxylation sites is 1. The average Bonchev–Trinajstić information content (AvgIpc) is 2.79. The molecule has 2 aromatic rings. The lowest BCUT2D eigenvalue weighted by molar-refractivity contribution is -0.116. The summed E-state index contributed by atoms with van der Waals surface area (Å²) >= 11 is 0. The number of carbonyl (C=O) groups excluding carboxylic acids is 1. The van der Waals surface area contributed by atoms with Crippen molar-refractivity contribution in [2.75, 3.05) is 27.2 Å². The van der Waals surface area contributed by atoms with Gasteiger partial charge in [0, 0.05) is 26.1 Å². The second kappa shape index (κ2) is 7.04. The second-order valence-corrected chi connectivity index (χ2v) is 5.20. The van der Waals surface area contributed by atoms with Gasteiger partial charge in [-0.2, -0.15) is 0 Å². The Bertz CT molecular complexity index is 644. The maximum Gasteiger partial charge on any atom is 0.243 e. The van der Waals surface area contributed by atoms with Gasteiger partial charge in [-0.1, -0.05) is 18.2 Å². The van der Waals surface area contributed by atoms with Gasteiger partial charge in [0.15, 0.2) is 11.5 Å². The van der Waals surface area contributed by atoms with E-state index >= 15 is 0 Å². The molecule has 1 amide bonds. The molecule has 0 aliphatic carbocycles. The highest BCUT2D eigenvalue weighted by Gasteiger charge is 2.07. The molecule has 0 radical (unpaired) electrons. The number of oxazole rings is 1. The van der Waals surface area contributed by atoms with Crippen LogP contribution in [0, 0.1) is 6.92 Å². The Hall–Kier alpha value is -2.14. The van der Waals surface area contributed by atoms with E-state index in [2.05, 4.69) is 10.3 Å². The molecule has 0 aliphatic heterocycles. The summed E-state index contributed by atoms with van der Waals surface area (Å²) in [6, 6.07) is 5.86. The number of amides is 1. The van der Waals surface area contributed by atoms with Gasteiger partial charge in [-0.3, -0.25) is 4.79 Å². The van der Waals surface area contributed by atoms with Gasteiger partial charge in [0.1, 0.15) is 5.52 Å². The third-order valence-electron chi connectivity index (χ3n) is 3.04. The molecule has 0 aliphatic rings. The number of nitrogens with zero attached hydrogens (tertiary/aromatic N) is 2. The van der Waals surface area contributed by atoms with Crippen molar-refractivity contribution in [1.82, 2.24) is 15.2 Å². The number of carbonyl (C=O) groups is 1. The maximum atomic E-state index is 11.6. The van der Waals surface area contributed by atoms with Gasteiger partial charge in [-0.15, -0.1) is 0 Å². The zero-order chi connectivity index (χ0) is 15.2. The molecule has 1 aromatic carbocycles. The van der Waals surface area contributed by atoms with Crippen molar-refractivity contribution in [3.05, 3.63) is 41.8 Å². The van der Waals surface area contributed by atoms with Gasteiger partial charge in [0.05, 0.1) is 0 Å². The highest BCUT2D eigenvalue weighted by atomic mass is 16.3. The molecule has 0 saturated heterocycles. The van der Waals surface area contributed by atoms with Crippen LogP contribution in [-0.4, -0.2) is 43.0 Å². The van der Waals surface area contributed by atoms with Crippen LogP contribution in [0.15, 0.2) is 34.8 Å². The molecule has 0 fully saturated rings. The molecular formula is C16H21N3O2. The number of likely N-dealkylation sites (N-methyl/N-ethyl adjacent to an activating group) is 1. The minimum Gasteiger partial charge on any atom is -0.441 e. The molecule has 112 valence electrons. The van der Waals surface area contributed by atoms with Gasteiger partial charge in [-0.05, 0) is 32.1 Å². The van der Waals surface area contributed by atoms with Crippen molar-refractivity contribution in [2.45, 2.75) is 13.3 Å². The molecule has 1 aromatic heterocycles. The fourth-order valence-electron chi connectivity index (χ4n) is 2.07. The molecule has 5 heteroatoms. The third kappa shape index (κ3) is 4.43. The lowest BCUT2D eigenvalue weighted by atomic mass is 10.1. The summed E-state index contributed by atoms with van der Waals surface area (Å²) in [5, 5.41) is 2.87. The van der Waals surface area contributed by atoms with E-state index in [4.69, 9.17) is 4.42 Å². The molecule has 0 atom stereocenters. The van der Waals surface area contributed by atoms with E-state index in [-0.39, 0.29) is 5.91 Å². The molecule has 0 spiro atoms. The quantitative estimate of drug-likeness (QED) is 0.825. The highest BCUT2D eigenvalue weighted by Crippen LogP contribution is 2.19. The highest BCUT2D eigenvalue weighted by molar-refractivity contribution is 5.87. The van der Waals surface area contributed by atoms with Gasteiger partial charge in [0.25, 0.3) is 0 Å². The zero-order valence-corrected chi connectivity index (χ0v) is 12.7. The summed E-state index contributed by atoms with van der Waals surface area (Å²) in [4.78, 5) is 18.0. The van der Waals surface area contributed by atoms with Crippen LogP contribution in [0.3, 0.4) is 0 Å². The molecule has 5 nitrogen and oxygen atoms in total. The van der Waals surface area contributed by atoms with Gasteiger partial charge in [-0.25, -0.2) is 4.98 Å². The summed E-state index contributed by atoms with van der Waals surface area (Å²) < 4.78 is 5.50. The topological polar surface area (TPSA) is 58.4 Å². The number of benzene rings is 1. The van der Waals surface area contributed by atoms with Crippen LogP contribution in [0.4, 0.5) is 0 Å². The second-order valence-electron chi connectivity index (χ2n) is 5.20. The predicted molar refractivity (Wildman–Crippen MR) is 83.2 cm³/mol. The van der Waals surface area contributed by atoms with Crippen molar-refractivity contribution >= 4 is 17.0 Å². The van der Waals surface area contributed by atoms with E-state index in [0.29, 0.717) is 12.4 Å². The van der Waals surface area contributed by atoms with Gasteiger partial charge in [0.2, 0.25) is 5.91 Å². The Balaban J connectivity index is 1.88. The van der Waals surface area contributed by atoms with Gasteiger partial charge < -0.3 is 14.6 Å². The number of hydrogen-bond acceptors (Lipinski definition) is 4. The summed E-state index contributed by atoms with van der Waals surface area (Å²) in [7, 11) is 3.92. The largest absolute Gasteiger partial charge is 0.441 e. The monoisotopic (exact) mass is 287 g/mol. The number of aromatic nitrogens is 1.